The van der Waals surface area contributed by atoms with Gasteiger partial charge in [0.1, 0.15) is 11.6 Å². The number of halogens is 4. The van der Waals surface area contributed by atoms with E-state index in [2.05, 4.69) is 37.2 Å². The fraction of sp³-hybridized carbons (Fsp3) is 0.0769. The summed E-state index contributed by atoms with van der Waals surface area (Å²) in [5.74, 6) is -0.601. The SMILES string of the molecule is Fc1ccc(CNc2cc(F)ccc2Br)c(Br)c1. The van der Waals surface area contributed by atoms with Crippen LogP contribution in [0.1, 0.15) is 5.56 Å². The first-order chi connectivity index (χ1) is 8.56. The number of nitrogens with one attached hydrogen (secondary N) is 1. The summed E-state index contributed by atoms with van der Waals surface area (Å²) in [7, 11) is 0. The molecule has 0 atom stereocenters. The summed E-state index contributed by atoms with van der Waals surface area (Å²) >= 11 is 6.62. The molecule has 18 heavy (non-hydrogen) atoms. The second-order valence-corrected chi connectivity index (χ2v) is 5.42. The molecule has 0 aromatic heterocycles. The molecule has 0 aliphatic carbocycles. The standard InChI is InChI=1S/C13H9Br2F2N/c14-11-4-3-10(17)6-13(11)18-7-8-1-2-9(16)5-12(8)15/h1-6,18H,7H2. The van der Waals surface area contributed by atoms with Crippen molar-refractivity contribution in [3.05, 3.63) is 62.5 Å². The average Bonchev–Trinajstić information content (AvgIpc) is 2.32. The van der Waals surface area contributed by atoms with Gasteiger partial charge in [0, 0.05) is 15.5 Å². The zero-order chi connectivity index (χ0) is 13.1. The normalized spacial score (nSPS) is 10.4. The third kappa shape index (κ3) is 3.29. The fourth-order valence-electron chi connectivity index (χ4n) is 1.49. The van der Waals surface area contributed by atoms with Crippen molar-refractivity contribution in [3.8, 4) is 0 Å². The van der Waals surface area contributed by atoms with E-state index in [-0.39, 0.29) is 11.6 Å². The molecule has 0 amide bonds. The van der Waals surface area contributed by atoms with Gasteiger partial charge in [-0.25, -0.2) is 8.78 Å². The maximum Gasteiger partial charge on any atom is 0.125 e. The van der Waals surface area contributed by atoms with Crippen molar-refractivity contribution in [2.45, 2.75) is 6.54 Å². The van der Waals surface area contributed by atoms with Gasteiger partial charge in [0.15, 0.2) is 0 Å². The van der Waals surface area contributed by atoms with Gasteiger partial charge in [-0.2, -0.15) is 0 Å². The van der Waals surface area contributed by atoms with Crippen LogP contribution in [-0.4, -0.2) is 0 Å². The van der Waals surface area contributed by atoms with E-state index >= 15 is 0 Å². The van der Waals surface area contributed by atoms with Crippen LogP contribution in [0.25, 0.3) is 0 Å². The van der Waals surface area contributed by atoms with Gasteiger partial charge in [-0.1, -0.05) is 22.0 Å². The predicted octanol–water partition coefficient (Wildman–Crippen LogP) is 5.10. The van der Waals surface area contributed by atoms with Crippen LogP contribution in [0.5, 0.6) is 0 Å². The molecule has 0 radical (unpaired) electrons. The number of rotatable bonds is 3. The zero-order valence-electron chi connectivity index (χ0n) is 9.18. The Morgan fingerprint density at radius 3 is 2.28 bits per heavy atom. The highest BCUT2D eigenvalue weighted by Gasteiger charge is 2.04. The van der Waals surface area contributed by atoms with Crippen molar-refractivity contribution in [1.29, 1.82) is 0 Å². The summed E-state index contributed by atoms with van der Waals surface area (Å²) in [4.78, 5) is 0. The van der Waals surface area contributed by atoms with Crippen molar-refractivity contribution >= 4 is 37.5 Å². The molecule has 0 heterocycles. The van der Waals surface area contributed by atoms with Crippen LogP contribution in [0.4, 0.5) is 14.5 Å². The van der Waals surface area contributed by atoms with Crippen LogP contribution in [0.15, 0.2) is 45.3 Å². The summed E-state index contributed by atoms with van der Waals surface area (Å²) in [6, 6.07) is 8.89. The first-order valence-corrected chi connectivity index (χ1v) is 6.78. The van der Waals surface area contributed by atoms with E-state index in [1.807, 2.05) is 0 Å². The van der Waals surface area contributed by atoms with E-state index < -0.39 is 0 Å². The predicted molar refractivity (Wildman–Crippen MR) is 75.5 cm³/mol. The second kappa shape index (κ2) is 5.80. The maximum absolute atomic E-state index is 13.1. The quantitative estimate of drug-likeness (QED) is 0.785. The van der Waals surface area contributed by atoms with Crippen molar-refractivity contribution in [2.24, 2.45) is 0 Å². The highest BCUT2D eigenvalue weighted by atomic mass is 79.9. The molecule has 2 aromatic carbocycles. The average molecular weight is 377 g/mol. The van der Waals surface area contributed by atoms with E-state index in [1.165, 1.54) is 24.3 Å². The molecule has 0 aliphatic rings. The summed E-state index contributed by atoms with van der Waals surface area (Å²) < 4.78 is 27.5. The van der Waals surface area contributed by atoms with Crippen molar-refractivity contribution in [2.75, 3.05) is 5.32 Å². The first kappa shape index (κ1) is 13.5. The van der Waals surface area contributed by atoms with Gasteiger partial charge < -0.3 is 5.32 Å². The Kier molecular flexibility index (Phi) is 4.35. The molecule has 2 rings (SSSR count). The topological polar surface area (TPSA) is 12.0 Å². The lowest BCUT2D eigenvalue weighted by atomic mass is 10.2. The van der Waals surface area contributed by atoms with E-state index in [0.29, 0.717) is 16.7 Å². The molecule has 0 aliphatic heterocycles. The smallest absolute Gasteiger partial charge is 0.125 e. The molecule has 5 heteroatoms. The van der Waals surface area contributed by atoms with E-state index in [0.717, 1.165) is 10.0 Å². The van der Waals surface area contributed by atoms with Gasteiger partial charge in [-0.15, -0.1) is 0 Å². The molecule has 0 saturated heterocycles. The maximum atomic E-state index is 13.1. The Balaban J connectivity index is 2.13. The Morgan fingerprint density at radius 2 is 1.56 bits per heavy atom. The number of anilines is 1. The molecule has 2 aromatic rings. The van der Waals surface area contributed by atoms with Crippen LogP contribution in [0.3, 0.4) is 0 Å². The molecule has 0 unspecified atom stereocenters. The minimum atomic E-state index is -0.307. The monoisotopic (exact) mass is 375 g/mol. The highest BCUT2D eigenvalue weighted by molar-refractivity contribution is 9.10. The van der Waals surface area contributed by atoms with Crippen LogP contribution >= 0.6 is 31.9 Å². The van der Waals surface area contributed by atoms with E-state index in [1.54, 1.807) is 12.1 Å². The third-order valence-electron chi connectivity index (χ3n) is 2.41. The molecular formula is C13H9Br2F2N. The molecule has 0 fully saturated rings. The zero-order valence-corrected chi connectivity index (χ0v) is 12.4. The van der Waals surface area contributed by atoms with Gasteiger partial charge in [0.25, 0.3) is 0 Å². The first-order valence-electron chi connectivity index (χ1n) is 5.19. The number of hydrogen-bond acceptors (Lipinski definition) is 1. The van der Waals surface area contributed by atoms with Gasteiger partial charge in [-0.05, 0) is 51.8 Å². The van der Waals surface area contributed by atoms with Gasteiger partial charge >= 0.3 is 0 Å². The number of hydrogen-bond donors (Lipinski definition) is 1. The Labute approximate surface area is 120 Å². The largest absolute Gasteiger partial charge is 0.380 e. The van der Waals surface area contributed by atoms with Crippen molar-refractivity contribution < 1.29 is 8.78 Å². The van der Waals surface area contributed by atoms with Crippen LogP contribution in [0.2, 0.25) is 0 Å². The third-order valence-corrected chi connectivity index (χ3v) is 3.84. The van der Waals surface area contributed by atoms with E-state index in [9.17, 15) is 8.78 Å². The Morgan fingerprint density at radius 1 is 0.889 bits per heavy atom. The molecule has 1 nitrogen and oxygen atoms in total. The summed E-state index contributed by atoms with van der Waals surface area (Å²) in [5.41, 5.74) is 1.55. The minimum absolute atomic E-state index is 0.294. The molecular weight excluding hydrogens is 368 g/mol. The summed E-state index contributed by atoms with van der Waals surface area (Å²) in [6.45, 7) is 0.475. The minimum Gasteiger partial charge on any atom is -0.380 e. The van der Waals surface area contributed by atoms with Crippen molar-refractivity contribution in [1.82, 2.24) is 0 Å². The van der Waals surface area contributed by atoms with Gasteiger partial charge in [0.2, 0.25) is 0 Å². The van der Waals surface area contributed by atoms with Gasteiger partial charge in [0.05, 0.1) is 5.69 Å². The molecule has 0 spiro atoms. The van der Waals surface area contributed by atoms with Crippen LogP contribution < -0.4 is 5.32 Å². The molecule has 1 N–H and O–H groups in total. The lowest BCUT2D eigenvalue weighted by Gasteiger charge is -2.10. The lowest BCUT2D eigenvalue weighted by Crippen LogP contribution is -2.01. The lowest BCUT2D eigenvalue weighted by molar-refractivity contribution is 0.626. The highest BCUT2D eigenvalue weighted by Crippen LogP contribution is 2.25. The summed E-state index contributed by atoms with van der Waals surface area (Å²) in [5, 5.41) is 3.09. The summed E-state index contributed by atoms with van der Waals surface area (Å²) in [6.07, 6.45) is 0. The Bertz CT molecular complexity index is 573. The van der Waals surface area contributed by atoms with E-state index in [4.69, 9.17) is 0 Å². The van der Waals surface area contributed by atoms with Crippen LogP contribution in [0, 0.1) is 11.6 Å². The molecule has 0 saturated carbocycles. The molecule has 94 valence electrons. The van der Waals surface area contributed by atoms with Crippen molar-refractivity contribution in [3.63, 3.8) is 0 Å². The fourth-order valence-corrected chi connectivity index (χ4v) is 2.37. The second-order valence-electron chi connectivity index (χ2n) is 3.71. The van der Waals surface area contributed by atoms with Gasteiger partial charge in [-0.3, -0.25) is 0 Å². The molecule has 0 bridgehead atoms. The Hall–Kier alpha value is -0.940. The van der Waals surface area contributed by atoms with Crippen LogP contribution in [-0.2, 0) is 6.54 Å². The number of benzene rings is 2.